The maximum absolute atomic E-state index is 12.9. The van der Waals surface area contributed by atoms with E-state index in [2.05, 4.69) is 16.0 Å². The molecule has 0 atom stereocenters. The zero-order chi connectivity index (χ0) is 26.1. The van der Waals surface area contributed by atoms with Gasteiger partial charge in [0.2, 0.25) is 0 Å². The van der Waals surface area contributed by atoms with Crippen molar-refractivity contribution in [2.45, 2.75) is 13.8 Å². The van der Waals surface area contributed by atoms with Gasteiger partial charge >= 0.3 is 0 Å². The summed E-state index contributed by atoms with van der Waals surface area (Å²) in [5.41, 5.74) is 2.63. The molecule has 0 spiro atoms. The van der Waals surface area contributed by atoms with Crippen LogP contribution in [0.4, 0.5) is 11.4 Å². The Labute approximate surface area is 209 Å². The topological polar surface area (TPSA) is 115 Å². The largest absolute Gasteiger partial charge is 0.495 e. The van der Waals surface area contributed by atoms with E-state index in [1.54, 1.807) is 54.6 Å². The molecule has 0 heterocycles. The number of hydrogen-bond donors (Lipinski definition) is 3. The number of hydrogen-bond acceptors (Lipinski definition) is 6. The van der Waals surface area contributed by atoms with E-state index >= 15 is 0 Å². The lowest BCUT2D eigenvalue weighted by Crippen LogP contribution is -2.23. The summed E-state index contributed by atoms with van der Waals surface area (Å²) in [5.74, 6) is 0.145. The number of anilines is 2. The van der Waals surface area contributed by atoms with Crippen LogP contribution >= 0.6 is 0 Å². The van der Waals surface area contributed by atoms with Gasteiger partial charge < -0.3 is 30.2 Å². The second-order valence-corrected chi connectivity index (χ2v) is 7.75. The monoisotopic (exact) mass is 491 g/mol. The molecule has 0 saturated carbocycles. The van der Waals surface area contributed by atoms with E-state index in [9.17, 15) is 14.4 Å². The SMILES string of the molecule is CCNC(=O)c1ccc(C)c(NC(=O)c2ccc(OCC(=O)Nc3ccccc3OC)c(OC)c2)c1. The Morgan fingerprint density at radius 1 is 0.750 bits per heavy atom. The third kappa shape index (κ3) is 6.53. The van der Waals surface area contributed by atoms with E-state index < -0.39 is 0 Å². The summed E-state index contributed by atoms with van der Waals surface area (Å²) in [6.07, 6.45) is 0. The molecule has 9 heteroatoms. The molecule has 0 aliphatic rings. The van der Waals surface area contributed by atoms with Crippen LogP contribution in [0.5, 0.6) is 17.2 Å². The van der Waals surface area contributed by atoms with Gasteiger partial charge in [0.25, 0.3) is 17.7 Å². The molecule has 0 unspecified atom stereocenters. The van der Waals surface area contributed by atoms with E-state index in [1.165, 1.54) is 20.3 Å². The van der Waals surface area contributed by atoms with Crippen LogP contribution in [0.1, 0.15) is 33.2 Å². The van der Waals surface area contributed by atoms with Crippen molar-refractivity contribution in [3.63, 3.8) is 0 Å². The maximum atomic E-state index is 12.9. The number of nitrogens with one attached hydrogen (secondary N) is 3. The minimum Gasteiger partial charge on any atom is -0.495 e. The first kappa shape index (κ1) is 26.1. The number of para-hydroxylation sites is 2. The van der Waals surface area contributed by atoms with Gasteiger partial charge in [-0.25, -0.2) is 0 Å². The Hall–Kier alpha value is -4.53. The minimum atomic E-state index is -0.384. The highest BCUT2D eigenvalue weighted by Gasteiger charge is 2.15. The van der Waals surface area contributed by atoms with E-state index in [4.69, 9.17) is 14.2 Å². The first-order valence-electron chi connectivity index (χ1n) is 11.3. The Balaban J connectivity index is 1.68. The standard InChI is InChI=1S/C27H29N3O6/c1-5-28-26(32)18-11-10-17(2)21(14-18)30-27(33)19-12-13-23(24(15-19)35-4)36-16-25(31)29-20-8-6-7-9-22(20)34-3/h6-15H,5,16H2,1-4H3,(H,28,32)(H,29,31)(H,30,33). The average Bonchev–Trinajstić information content (AvgIpc) is 2.89. The number of ether oxygens (including phenoxy) is 3. The quantitative estimate of drug-likeness (QED) is 0.394. The Kier molecular flexibility index (Phi) is 8.88. The molecule has 3 N–H and O–H groups in total. The Morgan fingerprint density at radius 2 is 1.44 bits per heavy atom. The highest BCUT2D eigenvalue weighted by molar-refractivity contribution is 6.06. The summed E-state index contributed by atoms with van der Waals surface area (Å²) in [5, 5.41) is 8.30. The molecule has 0 fully saturated rings. The average molecular weight is 492 g/mol. The van der Waals surface area contributed by atoms with Crippen molar-refractivity contribution in [3.05, 3.63) is 77.4 Å². The van der Waals surface area contributed by atoms with Crippen LogP contribution in [-0.4, -0.2) is 45.1 Å². The molecule has 36 heavy (non-hydrogen) atoms. The minimum absolute atomic E-state index is 0.217. The van der Waals surface area contributed by atoms with Crippen LogP contribution in [0, 0.1) is 6.92 Å². The lowest BCUT2D eigenvalue weighted by atomic mass is 10.1. The Bertz CT molecular complexity index is 1260. The fourth-order valence-electron chi connectivity index (χ4n) is 3.36. The van der Waals surface area contributed by atoms with Gasteiger partial charge in [-0.2, -0.15) is 0 Å². The molecule has 9 nitrogen and oxygen atoms in total. The van der Waals surface area contributed by atoms with Crippen LogP contribution in [0.3, 0.4) is 0 Å². The third-order valence-electron chi connectivity index (χ3n) is 5.25. The van der Waals surface area contributed by atoms with Crippen molar-refractivity contribution in [2.75, 3.05) is 38.0 Å². The number of carbonyl (C=O) groups is 3. The third-order valence-corrected chi connectivity index (χ3v) is 5.25. The number of methoxy groups -OCH3 is 2. The summed E-state index contributed by atoms with van der Waals surface area (Å²) in [6.45, 7) is 3.91. The first-order chi connectivity index (χ1) is 17.4. The van der Waals surface area contributed by atoms with Gasteiger partial charge in [-0.05, 0) is 61.9 Å². The molecule has 0 radical (unpaired) electrons. The smallest absolute Gasteiger partial charge is 0.262 e. The Morgan fingerprint density at radius 3 is 2.17 bits per heavy atom. The molecule has 3 amide bonds. The normalized spacial score (nSPS) is 10.2. The molecule has 0 aliphatic carbocycles. The molecule has 0 aromatic heterocycles. The maximum Gasteiger partial charge on any atom is 0.262 e. The van der Waals surface area contributed by atoms with Crippen LogP contribution in [0.25, 0.3) is 0 Å². The predicted molar refractivity (Wildman–Crippen MR) is 137 cm³/mol. The number of aryl methyl sites for hydroxylation is 1. The van der Waals surface area contributed by atoms with Crippen LogP contribution in [0.2, 0.25) is 0 Å². The summed E-state index contributed by atoms with van der Waals surface area (Å²) in [7, 11) is 2.96. The van der Waals surface area contributed by atoms with Crippen molar-refractivity contribution in [1.82, 2.24) is 5.32 Å². The number of amides is 3. The van der Waals surface area contributed by atoms with Gasteiger partial charge in [0, 0.05) is 23.4 Å². The predicted octanol–water partition coefficient (Wildman–Crippen LogP) is 4.03. The zero-order valence-electron chi connectivity index (χ0n) is 20.6. The number of carbonyl (C=O) groups excluding carboxylic acids is 3. The van der Waals surface area contributed by atoms with E-state index in [1.807, 2.05) is 13.8 Å². The lowest BCUT2D eigenvalue weighted by molar-refractivity contribution is -0.118. The second-order valence-electron chi connectivity index (χ2n) is 7.75. The van der Waals surface area contributed by atoms with E-state index in [0.717, 1.165) is 5.56 Å². The molecule has 0 saturated heterocycles. The second kappa shape index (κ2) is 12.3. The van der Waals surface area contributed by atoms with E-state index in [-0.39, 0.29) is 24.3 Å². The van der Waals surface area contributed by atoms with Crippen molar-refractivity contribution >= 4 is 29.1 Å². The fourth-order valence-corrected chi connectivity index (χ4v) is 3.36. The number of benzene rings is 3. The molecule has 188 valence electrons. The fraction of sp³-hybridized carbons (Fsp3) is 0.222. The molecule has 3 aromatic rings. The zero-order valence-corrected chi connectivity index (χ0v) is 20.6. The van der Waals surface area contributed by atoms with Gasteiger partial charge in [-0.15, -0.1) is 0 Å². The molecule has 0 aliphatic heterocycles. The van der Waals surface area contributed by atoms with Gasteiger partial charge in [0.1, 0.15) is 5.75 Å². The highest BCUT2D eigenvalue weighted by atomic mass is 16.5. The summed E-state index contributed by atoms with van der Waals surface area (Å²) in [6, 6.07) is 16.8. The van der Waals surface area contributed by atoms with Crippen LogP contribution in [-0.2, 0) is 4.79 Å². The van der Waals surface area contributed by atoms with E-state index in [0.29, 0.717) is 46.3 Å². The summed E-state index contributed by atoms with van der Waals surface area (Å²) >= 11 is 0. The molecule has 3 rings (SSSR count). The summed E-state index contributed by atoms with van der Waals surface area (Å²) < 4.78 is 16.2. The highest BCUT2D eigenvalue weighted by Crippen LogP contribution is 2.29. The van der Waals surface area contributed by atoms with Gasteiger partial charge in [0.15, 0.2) is 18.1 Å². The molecule has 3 aromatic carbocycles. The van der Waals surface area contributed by atoms with Gasteiger partial charge in [-0.1, -0.05) is 18.2 Å². The number of rotatable bonds is 10. The van der Waals surface area contributed by atoms with Crippen LogP contribution < -0.4 is 30.2 Å². The summed E-state index contributed by atoms with van der Waals surface area (Å²) in [4.78, 5) is 37.4. The van der Waals surface area contributed by atoms with Gasteiger partial charge in [-0.3, -0.25) is 14.4 Å². The molecular formula is C27H29N3O6. The molecular weight excluding hydrogens is 462 g/mol. The first-order valence-corrected chi connectivity index (χ1v) is 11.3. The van der Waals surface area contributed by atoms with Crippen molar-refractivity contribution in [3.8, 4) is 17.2 Å². The van der Waals surface area contributed by atoms with Gasteiger partial charge in [0.05, 0.1) is 19.9 Å². The van der Waals surface area contributed by atoms with Crippen molar-refractivity contribution < 1.29 is 28.6 Å². The lowest BCUT2D eigenvalue weighted by Gasteiger charge is -2.14. The van der Waals surface area contributed by atoms with Crippen molar-refractivity contribution in [1.29, 1.82) is 0 Å². The molecule has 0 bridgehead atoms. The van der Waals surface area contributed by atoms with Crippen LogP contribution in [0.15, 0.2) is 60.7 Å². The van der Waals surface area contributed by atoms with Crippen molar-refractivity contribution in [2.24, 2.45) is 0 Å².